The number of thiazole rings is 2. The molecule has 0 fully saturated rings. The van der Waals surface area contributed by atoms with E-state index in [0.29, 0.717) is 13.2 Å². The van der Waals surface area contributed by atoms with E-state index in [1.807, 2.05) is 12.3 Å². The molecule has 0 unspecified atom stereocenters. The van der Waals surface area contributed by atoms with Gasteiger partial charge in [0.2, 0.25) is 0 Å². The average Bonchev–Trinajstić information content (AvgIpc) is 2.97. The molecular weight excluding hydrogens is 282 g/mol. The molecule has 0 saturated carbocycles. The molecule has 2 rings (SSSR count). The van der Waals surface area contributed by atoms with Crippen molar-refractivity contribution in [2.45, 2.75) is 13.5 Å². The predicted octanol–water partition coefficient (Wildman–Crippen LogP) is 2.78. The van der Waals surface area contributed by atoms with Crippen LogP contribution in [0.1, 0.15) is 10.7 Å². The van der Waals surface area contributed by atoms with Gasteiger partial charge < -0.3 is 14.8 Å². The van der Waals surface area contributed by atoms with E-state index in [4.69, 9.17) is 9.47 Å². The zero-order chi connectivity index (χ0) is 13.7. The number of aryl methyl sites for hydroxylation is 1. The quantitative estimate of drug-likeness (QED) is 0.797. The summed E-state index contributed by atoms with van der Waals surface area (Å²) in [6.45, 7) is 3.95. The molecule has 5 nitrogen and oxygen atoms in total. The summed E-state index contributed by atoms with van der Waals surface area (Å²) in [6.07, 6.45) is 0. The average molecular weight is 299 g/mol. The molecule has 0 aliphatic carbocycles. The SMILES string of the molecule is COCCNc1nc(-c2sc(C)nc2COC)cs1. The lowest BCUT2D eigenvalue weighted by atomic mass is 10.3. The molecule has 0 amide bonds. The standard InChI is InChI=1S/C12H17N3O2S2/c1-8-14-9(6-17-3)11(19-8)10-7-18-12(15-10)13-4-5-16-2/h7H,4-6H2,1-3H3,(H,13,15). The molecule has 19 heavy (non-hydrogen) atoms. The van der Waals surface area contributed by atoms with Crippen LogP contribution in [0.3, 0.4) is 0 Å². The third kappa shape index (κ3) is 3.73. The van der Waals surface area contributed by atoms with Gasteiger partial charge >= 0.3 is 0 Å². The minimum absolute atomic E-state index is 0.517. The highest BCUT2D eigenvalue weighted by Crippen LogP contribution is 2.32. The Morgan fingerprint density at radius 2 is 2.11 bits per heavy atom. The van der Waals surface area contributed by atoms with Crippen molar-refractivity contribution < 1.29 is 9.47 Å². The van der Waals surface area contributed by atoms with Crippen LogP contribution in [0.2, 0.25) is 0 Å². The number of hydrogen-bond acceptors (Lipinski definition) is 7. The number of anilines is 1. The Bertz CT molecular complexity index is 525. The highest BCUT2D eigenvalue weighted by Gasteiger charge is 2.14. The molecule has 2 aromatic heterocycles. The van der Waals surface area contributed by atoms with Crippen molar-refractivity contribution >= 4 is 27.8 Å². The first-order valence-electron chi connectivity index (χ1n) is 5.88. The van der Waals surface area contributed by atoms with Gasteiger partial charge in [0.1, 0.15) is 0 Å². The fraction of sp³-hybridized carbons (Fsp3) is 0.500. The van der Waals surface area contributed by atoms with Crippen LogP contribution in [0.25, 0.3) is 10.6 Å². The van der Waals surface area contributed by atoms with Crippen LogP contribution in [-0.4, -0.2) is 37.3 Å². The topological polar surface area (TPSA) is 56.3 Å². The zero-order valence-corrected chi connectivity index (χ0v) is 12.9. The maximum absolute atomic E-state index is 5.18. The predicted molar refractivity (Wildman–Crippen MR) is 79.0 cm³/mol. The lowest BCUT2D eigenvalue weighted by Crippen LogP contribution is -2.07. The molecule has 0 aromatic carbocycles. The van der Waals surface area contributed by atoms with Gasteiger partial charge in [-0.25, -0.2) is 9.97 Å². The van der Waals surface area contributed by atoms with Gasteiger partial charge in [-0.3, -0.25) is 0 Å². The van der Waals surface area contributed by atoms with Gasteiger partial charge in [-0.15, -0.1) is 22.7 Å². The summed E-state index contributed by atoms with van der Waals surface area (Å²) in [7, 11) is 3.36. The molecule has 0 aliphatic heterocycles. The Labute approximate surface area is 120 Å². The summed E-state index contributed by atoms with van der Waals surface area (Å²) in [4.78, 5) is 10.1. The van der Waals surface area contributed by atoms with Gasteiger partial charge in [0, 0.05) is 26.1 Å². The van der Waals surface area contributed by atoms with E-state index in [9.17, 15) is 0 Å². The van der Waals surface area contributed by atoms with E-state index in [1.54, 1.807) is 36.9 Å². The second-order valence-corrected chi connectivity index (χ2v) is 5.96. The van der Waals surface area contributed by atoms with Gasteiger partial charge in [-0.1, -0.05) is 0 Å². The Morgan fingerprint density at radius 1 is 1.26 bits per heavy atom. The van der Waals surface area contributed by atoms with E-state index in [1.165, 1.54) is 0 Å². The first kappa shape index (κ1) is 14.4. The summed E-state index contributed by atoms with van der Waals surface area (Å²) >= 11 is 3.24. The second kappa shape index (κ2) is 6.95. The van der Waals surface area contributed by atoms with Gasteiger partial charge in [-0.05, 0) is 6.92 Å². The van der Waals surface area contributed by atoms with Crippen LogP contribution in [0.15, 0.2) is 5.38 Å². The number of ether oxygens (including phenoxy) is 2. The molecule has 0 atom stereocenters. The summed E-state index contributed by atoms with van der Waals surface area (Å²) < 4.78 is 10.2. The van der Waals surface area contributed by atoms with Crippen LogP contribution in [-0.2, 0) is 16.1 Å². The van der Waals surface area contributed by atoms with Gasteiger partial charge in [0.15, 0.2) is 5.13 Å². The van der Waals surface area contributed by atoms with Crippen molar-refractivity contribution in [2.24, 2.45) is 0 Å². The van der Waals surface area contributed by atoms with E-state index in [2.05, 4.69) is 15.3 Å². The normalized spacial score (nSPS) is 10.9. The third-order valence-electron chi connectivity index (χ3n) is 2.40. The number of nitrogens with zero attached hydrogens (tertiary/aromatic N) is 2. The lowest BCUT2D eigenvalue weighted by molar-refractivity contribution is 0.182. The Kier molecular flexibility index (Phi) is 5.26. The van der Waals surface area contributed by atoms with E-state index >= 15 is 0 Å². The van der Waals surface area contributed by atoms with Gasteiger partial charge in [-0.2, -0.15) is 0 Å². The fourth-order valence-corrected chi connectivity index (χ4v) is 3.31. The van der Waals surface area contributed by atoms with E-state index in [0.717, 1.165) is 32.9 Å². The molecule has 0 radical (unpaired) electrons. The Balaban J connectivity index is 2.13. The highest BCUT2D eigenvalue weighted by atomic mass is 32.1. The minimum Gasteiger partial charge on any atom is -0.383 e. The minimum atomic E-state index is 0.517. The second-order valence-electron chi connectivity index (χ2n) is 3.90. The molecule has 1 N–H and O–H groups in total. The molecule has 2 heterocycles. The zero-order valence-electron chi connectivity index (χ0n) is 11.2. The van der Waals surface area contributed by atoms with Crippen molar-refractivity contribution in [1.29, 1.82) is 0 Å². The monoisotopic (exact) mass is 299 g/mol. The van der Waals surface area contributed by atoms with Crippen molar-refractivity contribution in [3.05, 3.63) is 16.1 Å². The maximum Gasteiger partial charge on any atom is 0.183 e. The Hall–Kier alpha value is -1.02. The number of rotatable bonds is 7. The maximum atomic E-state index is 5.18. The van der Waals surface area contributed by atoms with Crippen LogP contribution in [0.5, 0.6) is 0 Å². The summed E-state index contributed by atoms with van der Waals surface area (Å²) in [5.74, 6) is 0. The molecule has 0 saturated heterocycles. The molecule has 0 spiro atoms. The largest absolute Gasteiger partial charge is 0.383 e. The molecule has 104 valence electrons. The van der Waals surface area contributed by atoms with Crippen molar-refractivity contribution in [3.8, 4) is 10.6 Å². The van der Waals surface area contributed by atoms with Crippen LogP contribution < -0.4 is 5.32 Å². The molecule has 2 aromatic rings. The van der Waals surface area contributed by atoms with Crippen molar-refractivity contribution in [1.82, 2.24) is 9.97 Å². The van der Waals surface area contributed by atoms with Crippen LogP contribution in [0, 0.1) is 6.92 Å². The highest BCUT2D eigenvalue weighted by molar-refractivity contribution is 7.16. The molecule has 7 heteroatoms. The number of nitrogens with one attached hydrogen (secondary N) is 1. The van der Waals surface area contributed by atoms with Crippen LogP contribution >= 0.6 is 22.7 Å². The summed E-state index contributed by atoms with van der Waals surface area (Å²) in [5, 5.41) is 7.21. The molecule has 0 bridgehead atoms. The lowest BCUT2D eigenvalue weighted by Gasteiger charge is -2.00. The van der Waals surface area contributed by atoms with Crippen molar-refractivity contribution in [3.63, 3.8) is 0 Å². The van der Waals surface area contributed by atoms with Gasteiger partial charge in [0.25, 0.3) is 0 Å². The number of aromatic nitrogens is 2. The number of hydrogen-bond donors (Lipinski definition) is 1. The van der Waals surface area contributed by atoms with Crippen molar-refractivity contribution in [2.75, 3.05) is 32.7 Å². The van der Waals surface area contributed by atoms with Crippen LogP contribution in [0.4, 0.5) is 5.13 Å². The first-order valence-corrected chi connectivity index (χ1v) is 7.58. The molecular formula is C12H17N3O2S2. The smallest absolute Gasteiger partial charge is 0.183 e. The summed E-state index contributed by atoms with van der Waals surface area (Å²) in [6, 6.07) is 0. The molecule has 0 aliphatic rings. The van der Waals surface area contributed by atoms with E-state index in [-0.39, 0.29) is 0 Å². The Morgan fingerprint density at radius 3 is 2.84 bits per heavy atom. The first-order chi connectivity index (χ1) is 9.24. The fourth-order valence-electron chi connectivity index (χ4n) is 1.62. The summed E-state index contributed by atoms with van der Waals surface area (Å²) in [5.41, 5.74) is 1.92. The van der Waals surface area contributed by atoms with Gasteiger partial charge in [0.05, 0.1) is 34.5 Å². The third-order valence-corrected chi connectivity index (χ3v) is 4.24. The number of methoxy groups -OCH3 is 2. The van der Waals surface area contributed by atoms with E-state index < -0.39 is 0 Å².